The van der Waals surface area contributed by atoms with Crippen LogP contribution < -0.4 is 10.6 Å². The van der Waals surface area contributed by atoms with Gasteiger partial charge in [-0.3, -0.25) is 9.59 Å². The average Bonchev–Trinajstić information content (AvgIpc) is 2.59. The highest BCUT2D eigenvalue weighted by Crippen LogP contribution is 2.19. The van der Waals surface area contributed by atoms with Crippen LogP contribution in [0.2, 0.25) is 0 Å². The third-order valence-corrected chi connectivity index (χ3v) is 4.17. The summed E-state index contributed by atoms with van der Waals surface area (Å²) in [6, 6.07) is 18.1. The van der Waals surface area contributed by atoms with Gasteiger partial charge in [-0.25, -0.2) is 0 Å². The molecule has 0 saturated carbocycles. The maximum Gasteiger partial charge on any atom is 0.245 e. The van der Waals surface area contributed by atoms with Crippen molar-refractivity contribution in [2.75, 3.05) is 0 Å². The van der Waals surface area contributed by atoms with Crippen LogP contribution in [-0.4, -0.2) is 23.9 Å². The molecule has 4 nitrogen and oxygen atoms in total. The summed E-state index contributed by atoms with van der Waals surface area (Å²) in [4.78, 5) is 23.2. The first kappa shape index (κ1) is 15.3. The van der Waals surface area contributed by atoms with Gasteiger partial charge in [-0.2, -0.15) is 0 Å². The Kier molecular flexibility index (Phi) is 4.42. The Hall–Kier alpha value is -2.62. The lowest BCUT2D eigenvalue weighted by atomic mass is 10.00. The molecule has 2 aromatic rings. The molecule has 0 radical (unpaired) electrons. The van der Waals surface area contributed by atoms with E-state index in [9.17, 15) is 9.59 Å². The van der Waals surface area contributed by atoms with Gasteiger partial charge in [0.2, 0.25) is 11.8 Å². The first-order valence-corrected chi connectivity index (χ1v) is 7.87. The molecule has 1 fully saturated rings. The predicted octanol–water partition coefficient (Wildman–Crippen LogP) is 2.29. The maximum atomic E-state index is 11.9. The number of hydrogen-bond acceptors (Lipinski definition) is 2. The molecule has 2 N–H and O–H groups in total. The highest BCUT2D eigenvalue weighted by molar-refractivity contribution is 5.93. The van der Waals surface area contributed by atoms with Gasteiger partial charge in [0.15, 0.2) is 0 Å². The van der Waals surface area contributed by atoms with E-state index in [2.05, 4.69) is 34.9 Å². The summed E-state index contributed by atoms with van der Waals surface area (Å²) in [6.45, 7) is 1.88. The fraction of sp³-hybridized carbons (Fsp3) is 0.263. The van der Waals surface area contributed by atoms with E-state index >= 15 is 0 Å². The monoisotopic (exact) mass is 308 g/mol. The van der Waals surface area contributed by atoms with E-state index in [1.54, 1.807) is 0 Å². The van der Waals surface area contributed by atoms with Crippen LogP contribution in [0.15, 0.2) is 54.6 Å². The van der Waals surface area contributed by atoms with Crippen molar-refractivity contribution in [3.63, 3.8) is 0 Å². The molecule has 0 aromatic heterocycles. The minimum absolute atomic E-state index is 0.0246. The fourth-order valence-electron chi connectivity index (χ4n) is 2.72. The van der Waals surface area contributed by atoms with Crippen LogP contribution >= 0.6 is 0 Å². The summed E-state index contributed by atoms with van der Waals surface area (Å²) >= 11 is 0. The topological polar surface area (TPSA) is 58.2 Å². The number of aryl methyl sites for hydroxylation is 1. The lowest BCUT2D eigenvalue weighted by molar-refractivity contribution is -0.135. The number of carbonyl (C=O) groups is 2. The first-order valence-electron chi connectivity index (χ1n) is 7.87. The van der Waals surface area contributed by atoms with Crippen molar-refractivity contribution in [1.29, 1.82) is 0 Å². The molecule has 1 aliphatic heterocycles. The zero-order valence-corrected chi connectivity index (χ0v) is 13.1. The Morgan fingerprint density at radius 3 is 2.30 bits per heavy atom. The van der Waals surface area contributed by atoms with Gasteiger partial charge in [0.1, 0.15) is 6.04 Å². The largest absolute Gasteiger partial charge is 0.349 e. The summed E-state index contributed by atoms with van der Waals surface area (Å²) < 4.78 is 0. The molecule has 1 aliphatic rings. The van der Waals surface area contributed by atoms with Gasteiger partial charge in [-0.15, -0.1) is 0 Å². The molecule has 3 rings (SSSR count). The molecular weight excluding hydrogens is 288 g/mol. The average molecular weight is 308 g/mol. The predicted molar refractivity (Wildman–Crippen MR) is 89.7 cm³/mol. The number of nitrogens with one attached hydrogen (secondary N) is 2. The zero-order valence-electron chi connectivity index (χ0n) is 13.1. The SMILES string of the molecule is CC1NC(=O)C1NC(=O)CCc1ccc(-c2ccccc2)cc1. The third kappa shape index (κ3) is 3.59. The molecule has 1 heterocycles. The van der Waals surface area contributed by atoms with Crippen LogP contribution in [0.25, 0.3) is 11.1 Å². The summed E-state index contributed by atoms with van der Waals surface area (Å²) in [5, 5.41) is 5.48. The zero-order chi connectivity index (χ0) is 16.2. The lowest BCUT2D eigenvalue weighted by Gasteiger charge is -2.34. The quantitative estimate of drug-likeness (QED) is 0.833. The second-order valence-corrected chi connectivity index (χ2v) is 5.91. The number of hydrogen-bond donors (Lipinski definition) is 2. The van der Waals surface area contributed by atoms with Gasteiger partial charge in [0.25, 0.3) is 0 Å². The summed E-state index contributed by atoms with van der Waals surface area (Å²) in [5.41, 5.74) is 3.46. The molecule has 0 bridgehead atoms. The van der Waals surface area contributed by atoms with Crippen molar-refractivity contribution in [2.45, 2.75) is 31.8 Å². The van der Waals surface area contributed by atoms with E-state index in [-0.39, 0.29) is 23.9 Å². The molecule has 2 aromatic carbocycles. The Morgan fingerprint density at radius 2 is 1.70 bits per heavy atom. The van der Waals surface area contributed by atoms with Crippen molar-refractivity contribution in [3.8, 4) is 11.1 Å². The van der Waals surface area contributed by atoms with E-state index in [1.165, 1.54) is 11.1 Å². The van der Waals surface area contributed by atoms with Crippen molar-refractivity contribution < 1.29 is 9.59 Å². The number of rotatable bonds is 5. The van der Waals surface area contributed by atoms with Crippen molar-refractivity contribution >= 4 is 11.8 Å². The van der Waals surface area contributed by atoms with E-state index in [1.807, 2.05) is 37.3 Å². The van der Waals surface area contributed by atoms with Crippen LogP contribution in [0.4, 0.5) is 0 Å². The molecule has 23 heavy (non-hydrogen) atoms. The highest BCUT2D eigenvalue weighted by Gasteiger charge is 2.36. The van der Waals surface area contributed by atoms with Gasteiger partial charge in [0.05, 0.1) is 6.04 Å². The molecule has 2 atom stereocenters. The van der Waals surface area contributed by atoms with Crippen molar-refractivity contribution in [3.05, 3.63) is 60.2 Å². The molecule has 0 spiro atoms. The van der Waals surface area contributed by atoms with E-state index < -0.39 is 0 Å². The molecule has 2 unspecified atom stereocenters. The molecule has 4 heteroatoms. The minimum atomic E-state index is -0.372. The Morgan fingerprint density at radius 1 is 1.04 bits per heavy atom. The van der Waals surface area contributed by atoms with Gasteiger partial charge in [-0.1, -0.05) is 54.6 Å². The van der Waals surface area contributed by atoms with Crippen LogP contribution in [0.1, 0.15) is 18.9 Å². The smallest absolute Gasteiger partial charge is 0.245 e. The van der Waals surface area contributed by atoms with Crippen LogP contribution in [0.3, 0.4) is 0 Å². The second-order valence-electron chi connectivity index (χ2n) is 5.91. The van der Waals surface area contributed by atoms with E-state index in [0.29, 0.717) is 12.8 Å². The fourth-order valence-corrected chi connectivity index (χ4v) is 2.72. The van der Waals surface area contributed by atoms with Crippen LogP contribution in [0.5, 0.6) is 0 Å². The van der Waals surface area contributed by atoms with Gasteiger partial charge in [0, 0.05) is 6.42 Å². The van der Waals surface area contributed by atoms with E-state index in [4.69, 9.17) is 0 Å². The Labute approximate surface area is 135 Å². The van der Waals surface area contributed by atoms with E-state index in [0.717, 1.165) is 5.56 Å². The Bertz CT molecular complexity index is 695. The number of benzene rings is 2. The molecule has 0 aliphatic carbocycles. The lowest BCUT2D eigenvalue weighted by Crippen LogP contribution is -2.67. The Balaban J connectivity index is 1.52. The second kappa shape index (κ2) is 6.65. The normalized spacial score (nSPS) is 19.6. The molecular formula is C19H20N2O2. The molecule has 2 amide bonds. The maximum absolute atomic E-state index is 11.9. The minimum Gasteiger partial charge on any atom is -0.349 e. The summed E-state index contributed by atoms with van der Waals surface area (Å²) in [7, 11) is 0. The molecule has 1 saturated heterocycles. The number of amides is 2. The van der Waals surface area contributed by atoms with Gasteiger partial charge < -0.3 is 10.6 Å². The number of β-lactam (4-membered cyclic amide) rings is 1. The first-order chi connectivity index (χ1) is 11.1. The molecule has 118 valence electrons. The van der Waals surface area contributed by atoms with Crippen molar-refractivity contribution in [2.24, 2.45) is 0 Å². The highest BCUT2D eigenvalue weighted by atomic mass is 16.2. The standard InChI is InChI=1S/C19H20N2O2/c1-13-18(19(23)20-13)21-17(22)12-9-14-7-10-16(11-8-14)15-5-3-2-4-6-15/h2-8,10-11,13,18H,9,12H2,1H3,(H,20,23)(H,21,22). The van der Waals surface area contributed by atoms with Crippen LogP contribution in [0, 0.1) is 0 Å². The van der Waals surface area contributed by atoms with Gasteiger partial charge >= 0.3 is 0 Å². The summed E-state index contributed by atoms with van der Waals surface area (Å²) in [6.07, 6.45) is 1.06. The van der Waals surface area contributed by atoms with Crippen molar-refractivity contribution in [1.82, 2.24) is 10.6 Å². The van der Waals surface area contributed by atoms with Crippen LogP contribution in [-0.2, 0) is 16.0 Å². The third-order valence-electron chi connectivity index (χ3n) is 4.17. The number of carbonyl (C=O) groups excluding carboxylic acids is 2. The summed E-state index contributed by atoms with van der Waals surface area (Å²) in [5.74, 6) is -0.179. The van der Waals surface area contributed by atoms with Gasteiger partial charge in [-0.05, 0) is 30.0 Å².